The first-order chi connectivity index (χ1) is 6.27. The molecule has 2 rings (SSSR count). The van der Waals surface area contributed by atoms with Gasteiger partial charge in [0.05, 0.1) is 17.9 Å². The Morgan fingerprint density at radius 3 is 3.15 bits per heavy atom. The molecule has 0 radical (unpaired) electrons. The molecule has 1 aliphatic heterocycles. The van der Waals surface area contributed by atoms with E-state index in [9.17, 15) is 4.39 Å². The van der Waals surface area contributed by atoms with Crippen LogP contribution in [0.5, 0.6) is 0 Å². The highest BCUT2D eigenvalue weighted by molar-refractivity contribution is 5.30. The van der Waals surface area contributed by atoms with Crippen molar-refractivity contribution in [3.8, 4) is 0 Å². The molecule has 1 fully saturated rings. The van der Waals surface area contributed by atoms with Crippen LogP contribution in [-0.2, 0) is 0 Å². The summed E-state index contributed by atoms with van der Waals surface area (Å²) in [6.45, 7) is 1.25. The predicted molar refractivity (Wildman–Crippen MR) is 48.1 cm³/mol. The number of hydrogen-bond donors (Lipinski definition) is 2. The zero-order chi connectivity index (χ0) is 9.26. The van der Waals surface area contributed by atoms with E-state index in [0.717, 1.165) is 13.0 Å². The van der Waals surface area contributed by atoms with Crippen molar-refractivity contribution in [1.82, 2.24) is 15.1 Å². The first-order valence-corrected chi connectivity index (χ1v) is 4.42. The lowest BCUT2D eigenvalue weighted by Gasteiger charge is -2.26. The molecule has 2 unspecified atom stereocenters. The summed E-state index contributed by atoms with van der Waals surface area (Å²) in [6.07, 6.45) is 3.13. The Hall–Kier alpha value is -1.10. The average molecular weight is 184 g/mol. The molecule has 1 aromatic rings. The van der Waals surface area contributed by atoms with Crippen LogP contribution >= 0.6 is 0 Å². The van der Waals surface area contributed by atoms with Crippen molar-refractivity contribution in [3.05, 3.63) is 12.4 Å². The molecule has 0 spiro atoms. The third kappa shape index (κ3) is 1.65. The lowest BCUT2D eigenvalue weighted by molar-refractivity contribution is 0.173. The molecule has 2 heterocycles. The molecule has 1 aliphatic rings. The highest BCUT2D eigenvalue weighted by atomic mass is 19.1. The number of nitrogens with one attached hydrogen (secondary N) is 1. The topological polar surface area (TPSA) is 55.9 Å². The number of nitrogens with zero attached hydrogens (tertiary/aromatic N) is 2. The first kappa shape index (κ1) is 8.50. The Morgan fingerprint density at radius 1 is 1.69 bits per heavy atom. The smallest absolute Gasteiger partial charge is 0.135 e. The molecule has 1 aromatic heterocycles. The van der Waals surface area contributed by atoms with Gasteiger partial charge in [0.1, 0.15) is 6.17 Å². The van der Waals surface area contributed by atoms with Gasteiger partial charge in [0.2, 0.25) is 0 Å². The second-order valence-corrected chi connectivity index (χ2v) is 3.33. The van der Waals surface area contributed by atoms with Crippen molar-refractivity contribution in [2.75, 3.05) is 18.8 Å². The molecule has 72 valence electrons. The van der Waals surface area contributed by atoms with Gasteiger partial charge >= 0.3 is 0 Å². The van der Waals surface area contributed by atoms with Gasteiger partial charge in [-0.05, 0) is 13.0 Å². The lowest BCUT2D eigenvalue weighted by atomic mass is 10.1. The SMILES string of the molecule is Nc1cnn(C2CCNCC2F)c1. The van der Waals surface area contributed by atoms with Crippen LogP contribution in [0.15, 0.2) is 12.4 Å². The molecule has 0 saturated carbocycles. The molecule has 2 atom stereocenters. The van der Waals surface area contributed by atoms with E-state index in [1.165, 1.54) is 0 Å². The van der Waals surface area contributed by atoms with Crippen LogP contribution in [0, 0.1) is 0 Å². The van der Waals surface area contributed by atoms with E-state index in [4.69, 9.17) is 5.73 Å². The number of rotatable bonds is 1. The van der Waals surface area contributed by atoms with Crippen molar-refractivity contribution >= 4 is 5.69 Å². The molecule has 3 N–H and O–H groups in total. The highest BCUT2D eigenvalue weighted by Gasteiger charge is 2.26. The van der Waals surface area contributed by atoms with Crippen LogP contribution in [0.25, 0.3) is 0 Å². The Kier molecular flexibility index (Phi) is 2.18. The number of nitrogens with two attached hydrogens (primary N) is 1. The van der Waals surface area contributed by atoms with Crippen LogP contribution in [0.2, 0.25) is 0 Å². The van der Waals surface area contributed by atoms with Gasteiger partial charge in [0.25, 0.3) is 0 Å². The van der Waals surface area contributed by atoms with Gasteiger partial charge in [-0.1, -0.05) is 0 Å². The van der Waals surface area contributed by atoms with Gasteiger partial charge in [-0.15, -0.1) is 0 Å². The van der Waals surface area contributed by atoms with Crippen molar-refractivity contribution in [1.29, 1.82) is 0 Å². The van der Waals surface area contributed by atoms with Crippen LogP contribution in [-0.4, -0.2) is 29.0 Å². The number of aromatic nitrogens is 2. The summed E-state index contributed by atoms with van der Waals surface area (Å²) in [6, 6.07) is -0.154. The Labute approximate surface area is 75.9 Å². The van der Waals surface area contributed by atoms with Crippen molar-refractivity contribution < 1.29 is 4.39 Å². The van der Waals surface area contributed by atoms with Gasteiger partial charge in [-0.2, -0.15) is 5.10 Å². The molecule has 0 bridgehead atoms. The van der Waals surface area contributed by atoms with Crippen molar-refractivity contribution in [2.45, 2.75) is 18.6 Å². The summed E-state index contributed by atoms with van der Waals surface area (Å²) in [5, 5.41) is 7.01. The van der Waals surface area contributed by atoms with E-state index in [-0.39, 0.29) is 6.04 Å². The lowest BCUT2D eigenvalue weighted by Crippen LogP contribution is -2.39. The molecule has 0 amide bonds. The van der Waals surface area contributed by atoms with Crippen LogP contribution in [0.1, 0.15) is 12.5 Å². The Bertz CT molecular complexity index is 285. The van der Waals surface area contributed by atoms with Gasteiger partial charge in [0.15, 0.2) is 0 Å². The Morgan fingerprint density at radius 2 is 2.54 bits per heavy atom. The standard InChI is InChI=1S/C8H13FN4/c9-7-4-11-2-1-8(7)13-5-6(10)3-12-13/h3,5,7-8,11H,1-2,4,10H2. The number of nitrogen functional groups attached to an aromatic ring is 1. The van der Waals surface area contributed by atoms with Gasteiger partial charge in [-0.3, -0.25) is 4.68 Å². The minimum Gasteiger partial charge on any atom is -0.396 e. The molecular formula is C8H13FN4. The molecule has 5 heteroatoms. The van der Waals surface area contributed by atoms with E-state index in [1.54, 1.807) is 17.1 Å². The molecule has 13 heavy (non-hydrogen) atoms. The van der Waals surface area contributed by atoms with Gasteiger partial charge < -0.3 is 11.1 Å². The number of hydrogen-bond acceptors (Lipinski definition) is 3. The normalized spacial score (nSPS) is 29.0. The second kappa shape index (κ2) is 3.33. The summed E-state index contributed by atoms with van der Waals surface area (Å²) in [5.41, 5.74) is 6.10. The summed E-state index contributed by atoms with van der Waals surface area (Å²) >= 11 is 0. The predicted octanol–water partition coefficient (Wildman–Crippen LogP) is 0.338. The van der Waals surface area contributed by atoms with E-state index in [1.807, 2.05) is 0 Å². The number of anilines is 1. The summed E-state index contributed by atoms with van der Waals surface area (Å²) in [5.74, 6) is 0. The Balaban J connectivity index is 2.14. The third-order valence-corrected chi connectivity index (χ3v) is 2.34. The average Bonchev–Trinajstić information content (AvgIpc) is 2.53. The van der Waals surface area contributed by atoms with Gasteiger partial charge in [-0.25, -0.2) is 4.39 Å². The van der Waals surface area contributed by atoms with E-state index in [2.05, 4.69) is 10.4 Å². The third-order valence-electron chi connectivity index (χ3n) is 2.34. The van der Waals surface area contributed by atoms with Gasteiger partial charge in [0, 0.05) is 12.7 Å². The minimum atomic E-state index is -0.868. The molecule has 0 aromatic carbocycles. The fourth-order valence-corrected chi connectivity index (χ4v) is 1.64. The number of halogens is 1. The molecule has 0 aliphatic carbocycles. The minimum absolute atomic E-state index is 0.154. The van der Waals surface area contributed by atoms with E-state index < -0.39 is 6.17 Å². The van der Waals surface area contributed by atoms with Crippen LogP contribution < -0.4 is 11.1 Å². The van der Waals surface area contributed by atoms with Crippen LogP contribution in [0.4, 0.5) is 10.1 Å². The van der Waals surface area contributed by atoms with E-state index in [0.29, 0.717) is 12.2 Å². The second-order valence-electron chi connectivity index (χ2n) is 3.33. The summed E-state index contributed by atoms with van der Waals surface area (Å²) < 4.78 is 15.0. The maximum atomic E-state index is 13.4. The zero-order valence-electron chi connectivity index (χ0n) is 7.28. The van der Waals surface area contributed by atoms with Crippen molar-refractivity contribution in [3.63, 3.8) is 0 Å². The fraction of sp³-hybridized carbons (Fsp3) is 0.625. The summed E-state index contributed by atoms with van der Waals surface area (Å²) in [4.78, 5) is 0. The number of piperidine rings is 1. The van der Waals surface area contributed by atoms with Crippen LogP contribution in [0.3, 0.4) is 0 Å². The number of alkyl halides is 1. The quantitative estimate of drug-likeness (QED) is 0.661. The molecular weight excluding hydrogens is 171 g/mol. The largest absolute Gasteiger partial charge is 0.396 e. The van der Waals surface area contributed by atoms with Crippen molar-refractivity contribution in [2.24, 2.45) is 0 Å². The fourth-order valence-electron chi connectivity index (χ4n) is 1.64. The monoisotopic (exact) mass is 184 g/mol. The zero-order valence-corrected chi connectivity index (χ0v) is 7.28. The molecule has 1 saturated heterocycles. The summed E-state index contributed by atoms with van der Waals surface area (Å²) in [7, 11) is 0. The maximum absolute atomic E-state index is 13.4. The molecule has 4 nitrogen and oxygen atoms in total. The first-order valence-electron chi connectivity index (χ1n) is 4.42. The maximum Gasteiger partial charge on any atom is 0.135 e. The highest BCUT2D eigenvalue weighted by Crippen LogP contribution is 2.21. The van der Waals surface area contributed by atoms with E-state index >= 15 is 0 Å².